The summed E-state index contributed by atoms with van der Waals surface area (Å²) in [4.78, 5) is 13.8. The van der Waals surface area contributed by atoms with E-state index in [0.717, 1.165) is 28.5 Å². The second-order valence-electron chi connectivity index (χ2n) is 4.14. The Bertz CT molecular complexity index is 557. The third kappa shape index (κ3) is 2.17. The Morgan fingerprint density at radius 2 is 2.18 bits per heavy atom. The van der Waals surface area contributed by atoms with Gasteiger partial charge in [-0.3, -0.25) is 0 Å². The number of aromatic nitrogens is 1. The van der Waals surface area contributed by atoms with Gasteiger partial charge in [0.15, 0.2) is 0 Å². The number of carboxylic acid groups (broad SMARTS) is 1. The van der Waals surface area contributed by atoms with Crippen LogP contribution in [0.1, 0.15) is 28.0 Å². The van der Waals surface area contributed by atoms with E-state index in [1.165, 1.54) is 0 Å². The van der Waals surface area contributed by atoms with Gasteiger partial charge in [0.25, 0.3) is 0 Å². The van der Waals surface area contributed by atoms with Crippen molar-refractivity contribution in [3.63, 3.8) is 0 Å². The summed E-state index contributed by atoms with van der Waals surface area (Å²) in [6.45, 7) is 2.13. The molecular weight excluding hydrogens is 218 g/mol. The molecule has 1 aromatic carbocycles. The van der Waals surface area contributed by atoms with Crippen molar-refractivity contribution in [2.75, 3.05) is 6.61 Å². The number of aromatic amines is 1. The van der Waals surface area contributed by atoms with Gasteiger partial charge in [0, 0.05) is 17.5 Å². The minimum Gasteiger partial charge on any atom is -0.477 e. The van der Waals surface area contributed by atoms with E-state index >= 15 is 0 Å². The largest absolute Gasteiger partial charge is 0.477 e. The summed E-state index contributed by atoms with van der Waals surface area (Å²) >= 11 is 0. The summed E-state index contributed by atoms with van der Waals surface area (Å²) in [5.74, 6) is -0.952. The average Bonchev–Trinajstić information content (AvgIpc) is 2.72. The lowest BCUT2D eigenvalue weighted by Gasteiger charge is -2.06. The Labute approximate surface area is 98.9 Å². The predicted octanol–water partition coefficient (Wildman–Crippen LogP) is 2.10. The number of carbonyl (C=O) groups is 1. The Balaban J connectivity index is 2.54. The second-order valence-corrected chi connectivity index (χ2v) is 4.14. The van der Waals surface area contributed by atoms with E-state index in [1.807, 2.05) is 19.1 Å². The van der Waals surface area contributed by atoms with Crippen LogP contribution in [0.3, 0.4) is 0 Å². The van der Waals surface area contributed by atoms with Crippen LogP contribution in [0, 0.1) is 6.92 Å². The molecule has 0 atom stereocenters. The first kappa shape index (κ1) is 11.7. The summed E-state index contributed by atoms with van der Waals surface area (Å²) in [6, 6.07) is 5.53. The Morgan fingerprint density at radius 3 is 2.82 bits per heavy atom. The molecule has 0 radical (unpaired) electrons. The van der Waals surface area contributed by atoms with Crippen LogP contribution < -0.4 is 0 Å². The third-order valence-electron chi connectivity index (χ3n) is 2.95. The van der Waals surface area contributed by atoms with Crippen molar-refractivity contribution in [2.45, 2.75) is 19.8 Å². The molecule has 17 heavy (non-hydrogen) atoms. The van der Waals surface area contributed by atoms with Crippen molar-refractivity contribution in [3.05, 3.63) is 35.0 Å². The first-order chi connectivity index (χ1) is 8.13. The number of rotatable bonds is 4. The van der Waals surface area contributed by atoms with Gasteiger partial charge in [0.1, 0.15) is 5.69 Å². The van der Waals surface area contributed by atoms with Crippen LogP contribution in [-0.2, 0) is 6.42 Å². The van der Waals surface area contributed by atoms with Crippen molar-refractivity contribution in [1.82, 2.24) is 4.98 Å². The molecule has 0 aliphatic rings. The molecule has 0 saturated heterocycles. The number of aliphatic hydroxyl groups is 1. The fourth-order valence-electron chi connectivity index (χ4n) is 2.06. The van der Waals surface area contributed by atoms with Crippen LogP contribution in [-0.4, -0.2) is 27.8 Å². The summed E-state index contributed by atoms with van der Waals surface area (Å²) in [5, 5.41) is 18.7. The third-order valence-corrected chi connectivity index (χ3v) is 2.95. The molecule has 2 aromatic rings. The van der Waals surface area contributed by atoms with Gasteiger partial charge in [-0.25, -0.2) is 4.79 Å². The van der Waals surface area contributed by atoms with Crippen LogP contribution in [0.15, 0.2) is 18.2 Å². The fourth-order valence-corrected chi connectivity index (χ4v) is 2.06. The van der Waals surface area contributed by atoms with Gasteiger partial charge >= 0.3 is 5.97 Å². The number of benzene rings is 1. The number of aromatic carboxylic acids is 1. The molecule has 0 fully saturated rings. The number of nitrogens with one attached hydrogen (secondary N) is 1. The highest BCUT2D eigenvalue weighted by molar-refractivity contribution is 5.95. The van der Waals surface area contributed by atoms with E-state index in [0.29, 0.717) is 6.42 Å². The van der Waals surface area contributed by atoms with E-state index in [1.54, 1.807) is 6.07 Å². The van der Waals surface area contributed by atoms with Gasteiger partial charge in [-0.1, -0.05) is 12.1 Å². The molecule has 90 valence electrons. The first-order valence-corrected chi connectivity index (χ1v) is 5.59. The highest BCUT2D eigenvalue weighted by atomic mass is 16.4. The quantitative estimate of drug-likeness (QED) is 0.757. The Kier molecular flexibility index (Phi) is 3.15. The summed E-state index contributed by atoms with van der Waals surface area (Å²) in [6.07, 6.45) is 1.43. The molecule has 1 aromatic heterocycles. The van der Waals surface area contributed by atoms with E-state index in [-0.39, 0.29) is 12.3 Å². The molecular formula is C13H15NO3. The predicted molar refractivity (Wildman–Crippen MR) is 65.4 cm³/mol. The van der Waals surface area contributed by atoms with Gasteiger partial charge in [-0.05, 0) is 37.0 Å². The number of aryl methyl sites for hydroxylation is 2. The van der Waals surface area contributed by atoms with Gasteiger partial charge in [-0.2, -0.15) is 0 Å². The molecule has 1 heterocycles. The van der Waals surface area contributed by atoms with Crippen LogP contribution in [0.5, 0.6) is 0 Å². The molecule has 0 unspecified atom stereocenters. The molecule has 4 heteroatoms. The van der Waals surface area contributed by atoms with Gasteiger partial charge in [0.05, 0.1) is 0 Å². The average molecular weight is 233 g/mol. The molecule has 0 spiro atoms. The van der Waals surface area contributed by atoms with Crippen LogP contribution in [0.2, 0.25) is 0 Å². The van der Waals surface area contributed by atoms with Gasteiger partial charge < -0.3 is 15.2 Å². The molecule has 4 nitrogen and oxygen atoms in total. The maximum absolute atomic E-state index is 10.9. The molecule has 0 aliphatic heterocycles. The summed E-state index contributed by atoms with van der Waals surface area (Å²) in [7, 11) is 0. The smallest absolute Gasteiger partial charge is 0.352 e. The maximum atomic E-state index is 10.9. The molecule has 0 saturated carbocycles. The topological polar surface area (TPSA) is 73.3 Å². The SMILES string of the molecule is Cc1ccc2cc(C(=O)O)[nH]c2c1CCCO. The zero-order chi connectivity index (χ0) is 12.4. The van der Waals surface area contributed by atoms with Crippen molar-refractivity contribution < 1.29 is 15.0 Å². The van der Waals surface area contributed by atoms with Crippen molar-refractivity contribution in [3.8, 4) is 0 Å². The monoisotopic (exact) mass is 233 g/mol. The number of carboxylic acids is 1. The van der Waals surface area contributed by atoms with E-state index < -0.39 is 5.97 Å². The highest BCUT2D eigenvalue weighted by Gasteiger charge is 2.11. The van der Waals surface area contributed by atoms with Crippen molar-refractivity contribution >= 4 is 16.9 Å². The molecule has 2 rings (SSSR count). The lowest BCUT2D eigenvalue weighted by Crippen LogP contribution is -1.97. The lowest BCUT2D eigenvalue weighted by molar-refractivity contribution is 0.0691. The minimum absolute atomic E-state index is 0.141. The highest BCUT2D eigenvalue weighted by Crippen LogP contribution is 2.24. The van der Waals surface area contributed by atoms with Crippen LogP contribution >= 0.6 is 0 Å². The van der Waals surface area contributed by atoms with Crippen molar-refractivity contribution in [2.24, 2.45) is 0 Å². The maximum Gasteiger partial charge on any atom is 0.352 e. The fraction of sp³-hybridized carbons (Fsp3) is 0.308. The number of H-pyrrole nitrogens is 1. The van der Waals surface area contributed by atoms with Gasteiger partial charge in [0.2, 0.25) is 0 Å². The number of hydrogen-bond acceptors (Lipinski definition) is 2. The summed E-state index contributed by atoms with van der Waals surface area (Å²) in [5.41, 5.74) is 3.28. The first-order valence-electron chi connectivity index (χ1n) is 5.59. The molecule has 0 aliphatic carbocycles. The zero-order valence-corrected chi connectivity index (χ0v) is 9.66. The summed E-state index contributed by atoms with van der Waals surface area (Å²) < 4.78 is 0. The molecule has 3 N–H and O–H groups in total. The van der Waals surface area contributed by atoms with Crippen molar-refractivity contribution in [1.29, 1.82) is 0 Å². The lowest BCUT2D eigenvalue weighted by atomic mass is 10.0. The normalized spacial score (nSPS) is 10.9. The van der Waals surface area contributed by atoms with Gasteiger partial charge in [-0.15, -0.1) is 0 Å². The van der Waals surface area contributed by atoms with E-state index in [9.17, 15) is 4.79 Å². The van der Waals surface area contributed by atoms with E-state index in [4.69, 9.17) is 10.2 Å². The Hall–Kier alpha value is -1.81. The van der Waals surface area contributed by atoms with E-state index in [2.05, 4.69) is 4.98 Å². The van der Waals surface area contributed by atoms with Crippen LogP contribution in [0.4, 0.5) is 0 Å². The van der Waals surface area contributed by atoms with Crippen LogP contribution in [0.25, 0.3) is 10.9 Å². The number of hydrogen-bond donors (Lipinski definition) is 3. The standard InChI is InChI=1S/C13H15NO3/c1-8-4-5-9-7-11(13(16)17)14-12(9)10(8)3-2-6-15/h4-5,7,14-15H,2-3,6H2,1H3,(H,16,17). The minimum atomic E-state index is -0.952. The molecule has 0 bridgehead atoms. The Morgan fingerprint density at radius 1 is 1.41 bits per heavy atom. The second kappa shape index (κ2) is 4.59. The number of aliphatic hydroxyl groups excluding tert-OH is 1. The zero-order valence-electron chi connectivity index (χ0n) is 9.66. The molecule has 0 amide bonds. The number of fused-ring (bicyclic) bond motifs is 1.